The minimum Gasteiger partial charge on any atom is -0.331 e. The lowest BCUT2D eigenvalue weighted by Gasteiger charge is -1.93. The highest BCUT2D eigenvalue weighted by molar-refractivity contribution is 7.39. The van der Waals surface area contributed by atoms with Crippen LogP contribution in [0, 0.1) is 6.92 Å². The van der Waals surface area contributed by atoms with Crippen molar-refractivity contribution < 1.29 is 9.09 Å². The van der Waals surface area contributed by atoms with Crippen molar-refractivity contribution in [1.82, 2.24) is 0 Å². The van der Waals surface area contributed by atoms with Crippen LogP contribution in [0.25, 0.3) is 0 Å². The topological polar surface area (TPSA) is 26.3 Å². The van der Waals surface area contributed by atoms with Crippen molar-refractivity contribution >= 4 is 8.03 Å². The van der Waals surface area contributed by atoms with E-state index in [9.17, 15) is 4.57 Å². The first-order chi connectivity index (χ1) is 3.31. The second kappa shape index (κ2) is 4.35. The third-order valence-electron chi connectivity index (χ3n) is 0.509. The van der Waals surface area contributed by atoms with Gasteiger partial charge in [-0.2, -0.15) is 0 Å². The lowest BCUT2D eigenvalue weighted by molar-refractivity contribution is 0.352. The van der Waals surface area contributed by atoms with Gasteiger partial charge in [0.1, 0.15) is 0 Å². The maximum absolute atomic E-state index is 10.3. The van der Waals surface area contributed by atoms with Gasteiger partial charge < -0.3 is 4.52 Å². The molecule has 0 aliphatic rings. The molecule has 43 valence electrons. The fourth-order valence-electron chi connectivity index (χ4n) is 0.233. The number of hydrogen-bond acceptors (Lipinski definition) is 2. The van der Waals surface area contributed by atoms with E-state index in [1.54, 1.807) is 0 Å². The second-order valence-corrected chi connectivity index (χ2v) is 2.59. The maximum atomic E-state index is 10.3. The summed E-state index contributed by atoms with van der Waals surface area (Å²) < 4.78 is 15.0. The Morgan fingerprint density at radius 1 is 1.86 bits per heavy atom. The molecule has 0 amide bonds. The highest BCUT2D eigenvalue weighted by Gasteiger charge is 1.88. The Morgan fingerprint density at radius 2 is 2.43 bits per heavy atom. The molecule has 0 spiro atoms. The van der Waals surface area contributed by atoms with Crippen LogP contribution < -0.4 is 0 Å². The van der Waals surface area contributed by atoms with E-state index in [4.69, 9.17) is 0 Å². The zero-order valence-electron chi connectivity index (χ0n) is 4.44. The van der Waals surface area contributed by atoms with Crippen molar-refractivity contribution in [3.05, 3.63) is 6.92 Å². The first kappa shape index (κ1) is 7.19. The van der Waals surface area contributed by atoms with Gasteiger partial charge in [-0.3, -0.25) is 4.57 Å². The van der Waals surface area contributed by atoms with Gasteiger partial charge in [0, 0.05) is 6.16 Å². The van der Waals surface area contributed by atoms with Crippen molar-refractivity contribution in [2.45, 2.75) is 6.92 Å². The smallest absolute Gasteiger partial charge is 0.191 e. The molecule has 3 heteroatoms. The maximum Gasteiger partial charge on any atom is 0.191 e. The van der Waals surface area contributed by atoms with E-state index in [0.29, 0.717) is 12.8 Å². The van der Waals surface area contributed by atoms with E-state index in [2.05, 4.69) is 11.4 Å². The van der Waals surface area contributed by atoms with Gasteiger partial charge in [-0.1, -0.05) is 0 Å². The molecule has 0 fully saturated rings. The second-order valence-electron chi connectivity index (χ2n) is 1.06. The molecule has 0 saturated carbocycles. The van der Waals surface area contributed by atoms with E-state index in [1.807, 2.05) is 6.92 Å². The van der Waals surface area contributed by atoms with Crippen molar-refractivity contribution in [2.75, 3.05) is 12.8 Å². The summed E-state index contributed by atoms with van der Waals surface area (Å²) in [5.41, 5.74) is 0. The lowest BCUT2D eigenvalue weighted by atomic mass is 10.9. The molecule has 0 aliphatic carbocycles. The van der Waals surface area contributed by atoms with Gasteiger partial charge in [-0.15, -0.1) is 0 Å². The molecular weight excluding hydrogens is 111 g/mol. The summed E-state index contributed by atoms with van der Waals surface area (Å²) in [5, 5.41) is 0. The lowest BCUT2D eigenvalue weighted by Crippen LogP contribution is -1.77. The van der Waals surface area contributed by atoms with Crippen LogP contribution in [0.4, 0.5) is 0 Å². The summed E-state index contributed by atoms with van der Waals surface area (Å²) >= 11 is 0. The Morgan fingerprint density at radius 3 is 2.57 bits per heavy atom. The molecule has 0 aromatic rings. The van der Waals surface area contributed by atoms with Crippen LogP contribution in [0.5, 0.6) is 0 Å². The molecule has 0 aliphatic heterocycles. The summed E-state index contributed by atoms with van der Waals surface area (Å²) in [6.45, 7) is 5.76. The summed E-state index contributed by atoms with van der Waals surface area (Å²) in [6, 6.07) is 0. The van der Waals surface area contributed by atoms with Crippen molar-refractivity contribution in [1.29, 1.82) is 0 Å². The fraction of sp³-hybridized carbons (Fsp3) is 0.750. The van der Waals surface area contributed by atoms with Gasteiger partial charge in [0.05, 0.1) is 6.61 Å². The van der Waals surface area contributed by atoms with Crippen molar-refractivity contribution in [3.8, 4) is 0 Å². The van der Waals surface area contributed by atoms with Crippen LogP contribution in [0.1, 0.15) is 6.92 Å². The quantitative estimate of drug-likeness (QED) is 0.526. The molecule has 0 N–H and O–H groups in total. The van der Waals surface area contributed by atoms with Crippen LogP contribution in [-0.4, -0.2) is 12.8 Å². The van der Waals surface area contributed by atoms with Crippen LogP contribution >= 0.6 is 8.03 Å². The standard InChI is InChI=1S/C4H10O2P/c1-3-6-7(5)4-2/h7H,2-4H2,1H3. The Balaban J connectivity index is 3.00. The SMILES string of the molecule is [CH2]C[PH](=O)OCC. The van der Waals surface area contributed by atoms with E-state index in [0.717, 1.165) is 0 Å². The van der Waals surface area contributed by atoms with Gasteiger partial charge in [0.2, 0.25) is 0 Å². The highest BCUT2D eigenvalue weighted by Crippen LogP contribution is 2.18. The zero-order valence-corrected chi connectivity index (χ0v) is 5.44. The average Bonchev–Trinajstić information content (AvgIpc) is 1.68. The molecule has 1 atom stereocenters. The molecule has 0 bridgehead atoms. The third-order valence-corrected chi connectivity index (χ3v) is 1.53. The van der Waals surface area contributed by atoms with E-state index >= 15 is 0 Å². The van der Waals surface area contributed by atoms with Gasteiger partial charge in [0.25, 0.3) is 0 Å². The predicted molar refractivity (Wildman–Crippen MR) is 30.9 cm³/mol. The van der Waals surface area contributed by atoms with E-state index < -0.39 is 8.03 Å². The predicted octanol–water partition coefficient (Wildman–Crippen LogP) is 1.33. The monoisotopic (exact) mass is 121 g/mol. The van der Waals surface area contributed by atoms with Crippen molar-refractivity contribution in [2.24, 2.45) is 0 Å². The number of hydrogen-bond donors (Lipinski definition) is 0. The average molecular weight is 121 g/mol. The van der Waals surface area contributed by atoms with Gasteiger partial charge in [-0.25, -0.2) is 0 Å². The van der Waals surface area contributed by atoms with Gasteiger partial charge in [-0.05, 0) is 13.8 Å². The minimum atomic E-state index is -1.74. The van der Waals surface area contributed by atoms with E-state index in [-0.39, 0.29) is 0 Å². The summed E-state index contributed by atoms with van der Waals surface area (Å²) in [4.78, 5) is 0. The largest absolute Gasteiger partial charge is 0.331 e. The summed E-state index contributed by atoms with van der Waals surface area (Å²) in [6.07, 6.45) is 0.415. The molecule has 0 aromatic carbocycles. The van der Waals surface area contributed by atoms with Crippen LogP contribution in [0.15, 0.2) is 0 Å². The molecule has 0 saturated heterocycles. The minimum absolute atomic E-state index is 0.415. The molecule has 1 radical (unpaired) electrons. The van der Waals surface area contributed by atoms with Crippen LogP contribution in [0.3, 0.4) is 0 Å². The molecular formula is C4H10O2P. The molecule has 0 rings (SSSR count). The summed E-state index contributed by atoms with van der Waals surface area (Å²) in [5.74, 6) is 0. The molecule has 2 nitrogen and oxygen atoms in total. The Kier molecular flexibility index (Phi) is 4.47. The van der Waals surface area contributed by atoms with Crippen LogP contribution in [-0.2, 0) is 9.09 Å². The Hall–Kier alpha value is 0.190. The molecule has 1 unspecified atom stereocenters. The summed E-state index contributed by atoms with van der Waals surface area (Å²) in [7, 11) is -1.74. The third kappa shape index (κ3) is 4.03. The van der Waals surface area contributed by atoms with Crippen LogP contribution in [0.2, 0.25) is 0 Å². The molecule has 0 heterocycles. The normalized spacial score (nSPS) is 14.0. The highest BCUT2D eigenvalue weighted by atomic mass is 31.1. The molecule has 0 aromatic heterocycles. The Labute approximate surface area is 44.7 Å². The zero-order chi connectivity index (χ0) is 5.70. The van der Waals surface area contributed by atoms with Gasteiger partial charge >= 0.3 is 0 Å². The van der Waals surface area contributed by atoms with Crippen molar-refractivity contribution in [3.63, 3.8) is 0 Å². The van der Waals surface area contributed by atoms with Gasteiger partial charge in [0.15, 0.2) is 8.03 Å². The number of rotatable bonds is 3. The van der Waals surface area contributed by atoms with E-state index in [1.165, 1.54) is 0 Å². The molecule has 7 heavy (non-hydrogen) atoms. The Bertz CT molecular complexity index is 62.7. The first-order valence-corrected chi connectivity index (χ1v) is 3.78. The first-order valence-electron chi connectivity index (χ1n) is 2.26. The fourth-order valence-corrected chi connectivity index (χ4v) is 0.699.